The van der Waals surface area contributed by atoms with Crippen molar-refractivity contribution in [2.75, 3.05) is 14.2 Å². The molecule has 1 aromatic heterocycles. The molecule has 3 rings (SSSR count). The normalized spacial score (nSPS) is 10.9. The van der Waals surface area contributed by atoms with Crippen molar-refractivity contribution in [3.63, 3.8) is 0 Å². The van der Waals surface area contributed by atoms with Crippen LogP contribution in [0, 0.1) is 0 Å². The first-order valence-corrected chi connectivity index (χ1v) is 8.83. The molecule has 7 nitrogen and oxygen atoms in total. The van der Waals surface area contributed by atoms with Gasteiger partial charge in [0.2, 0.25) is 0 Å². The maximum Gasteiger partial charge on any atom is 0.289 e. The van der Waals surface area contributed by atoms with Crippen molar-refractivity contribution in [2.24, 2.45) is 5.10 Å². The lowest BCUT2D eigenvalue weighted by atomic mass is 10.1. The first kappa shape index (κ1) is 19.7. The molecule has 28 heavy (non-hydrogen) atoms. The highest BCUT2D eigenvalue weighted by Gasteiger charge is 2.11. The smallest absolute Gasteiger partial charge is 0.289 e. The van der Waals surface area contributed by atoms with E-state index in [2.05, 4.69) is 20.7 Å². The number of rotatable bonds is 6. The first-order valence-electron chi connectivity index (χ1n) is 8.08. The number of amides is 1. The zero-order valence-corrected chi connectivity index (χ0v) is 16.5. The monoisotopic (exact) mass is 418 g/mol. The summed E-state index contributed by atoms with van der Waals surface area (Å²) in [4.78, 5) is 12.2. The SMILES string of the molecule is COc1ccc(/C=N\NC(=O)c2cc(-c3ccc(Cl)c(Cl)c3)n[nH]2)cc1OC. The average molecular weight is 419 g/mol. The van der Waals surface area contributed by atoms with E-state index in [1.165, 1.54) is 6.21 Å². The fourth-order valence-corrected chi connectivity index (χ4v) is 2.70. The molecule has 3 aromatic rings. The lowest BCUT2D eigenvalue weighted by molar-refractivity contribution is 0.0950. The molecule has 1 heterocycles. The standard InChI is InChI=1S/C19H16Cl2N4O3/c1-27-17-6-3-11(7-18(17)28-2)10-22-25-19(26)16-9-15(23-24-16)12-4-5-13(20)14(21)8-12/h3-10H,1-2H3,(H,23,24)(H,25,26)/b22-10-. The molecule has 2 N–H and O–H groups in total. The molecule has 9 heteroatoms. The number of hydrogen-bond donors (Lipinski definition) is 2. The van der Waals surface area contributed by atoms with Gasteiger partial charge in [-0.1, -0.05) is 29.3 Å². The number of hydrazone groups is 1. The van der Waals surface area contributed by atoms with Crippen molar-refractivity contribution in [1.29, 1.82) is 0 Å². The second kappa shape index (κ2) is 8.77. The summed E-state index contributed by atoms with van der Waals surface area (Å²) in [5, 5.41) is 11.6. The highest BCUT2D eigenvalue weighted by Crippen LogP contribution is 2.28. The van der Waals surface area contributed by atoms with E-state index in [0.717, 1.165) is 11.1 Å². The van der Waals surface area contributed by atoms with Crippen LogP contribution in [0.4, 0.5) is 0 Å². The Hall–Kier alpha value is -3.03. The number of aromatic amines is 1. The number of ether oxygens (including phenoxy) is 2. The molecule has 0 fully saturated rings. The number of carbonyl (C=O) groups is 1. The van der Waals surface area contributed by atoms with Crippen LogP contribution < -0.4 is 14.9 Å². The number of nitrogens with one attached hydrogen (secondary N) is 2. The van der Waals surface area contributed by atoms with E-state index in [1.54, 1.807) is 56.7 Å². The summed E-state index contributed by atoms with van der Waals surface area (Å²) in [6.07, 6.45) is 1.50. The van der Waals surface area contributed by atoms with Crippen LogP contribution in [-0.2, 0) is 0 Å². The van der Waals surface area contributed by atoms with Crippen molar-refractivity contribution in [3.8, 4) is 22.8 Å². The zero-order valence-electron chi connectivity index (χ0n) is 15.0. The fourth-order valence-electron chi connectivity index (χ4n) is 2.40. The Morgan fingerprint density at radius 2 is 1.86 bits per heavy atom. The predicted octanol–water partition coefficient (Wildman–Crippen LogP) is 4.16. The Kier molecular flexibility index (Phi) is 6.18. The third-order valence-corrected chi connectivity index (χ3v) is 4.56. The van der Waals surface area contributed by atoms with Crippen molar-refractivity contribution < 1.29 is 14.3 Å². The molecule has 0 unspecified atom stereocenters. The van der Waals surface area contributed by atoms with Crippen molar-refractivity contribution >= 4 is 35.3 Å². The number of benzene rings is 2. The Labute approximate surface area is 171 Å². The summed E-state index contributed by atoms with van der Waals surface area (Å²) in [5.74, 6) is 0.740. The van der Waals surface area contributed by atoms with E-state index in [-0.39, 0.29) is 5.69 Å². The topological polar surface area (TPSA) is 88.6 Å². The van der Waals surface area contributed by atoms with Gasteiger partial charge in [-0.15, -0.1) is 0 Å². The van der Waals surface area contributed by atoms with Gasteiger partial charge in [-0.25, -0.2) is 5.43 Å². The summed E-state index contributed by atoms with van der Waals surface area (Å²) in [6, 6.07) is 12.0. The molecule has 0 atom stereocenters. The number of halogens is 2. The van der Waals surface area contributed by atoms with Gasteiger partial charge in [0.1, 0.15) is 5.69 Å². The second-order valence-electron chi connectivity index (χ2n) is 5.61. The minimum atomic E-state index is -0.435. The van der Waals surface area contributed by atoms with Crippen LogP contribution in [0.2, 0.25) is 10.0 Å². The van der Waals surface area contributed by atoms with E-state index in [4.69, 9.17) is 32.7 Å². The molecule has 0 aliphatic heterocycles. The molecular formula is C19H16Cl2N4O3. The Morgan fingerprint density at radius 1 is 1.07 bits per heavy atom. The summed E-state index contributed by atoms with van der Waals surface area (Å²) in [6.45, 7) is 0. The van der Waals surface area contributed by atoms with Crippen LogP contribution >= 0.6 is 23.2 Å². The third-order valence-electron chi connectivity index (χ3n) is 3.83. The lowest BCUT2D eigenvalue weighted by Crippen LogP contribution is -2.18. The predicted molar refractivity (Wildman–Crippen MR) is 109 cm³/mol. The van der Waals surface area contributed by atoms with Crippen molar-refractivity contribution in [3.05, 3.63) is 63.8 Å². The van der Waals surface area contributed by atoms with Crippen molar-refractivity contribution in [2.45, 2.75) is 0 Å². The molecule has 0 saturated heterocycles. The van der Waals surface area contributed by atoms with Gasteiger partial charge in [0.05, 0.1) is 36.2 Å². The van der Waals surface area contributed by atoms with Gasteiger partial charge < -0.3 is 9.47 Å². The molecular weight excluding hydrogens is 403 g/mol. The zero-order chi connectivity index (χ0) is 20.1. The maximum atomic E-state index is 12.2. The summed E-state index contributed by atoms with van der Waals surface area (Å²) in [5.41, 5.74) is 4.73. The minimum absolute atomic E-state index is 0.255. The van der Waals surface area contributed by atoms with Gasteiger partial charge >= 0.3 is 0 Å². The van der Waals surface area contributed by atoms with Gasteiger partial charge in [-0.2, -0.15) is 10.2 Å². The van der Waals surface area contributed by atoms with Crippen molar-refractivity contribution in [1.82, 2.24) is 15.6 Å². The number of aromatic nitrogens is 2. The Balaban J connectivity index is 1.68. The van der Waals surface area contributed by atoms with E-state index in [1.807, 2.05) is 0 Å². The van der Waals surface area contributed by atoms with Gasteiger partial charge in [-0.3, -0.25) is 9.89 Å². The van der Waals surface area contributed by atoms with E-state index in [0.29, 0.717) is 27.2 Å². The number of nitrogens with zero attached hydrogens (tertiary/aromatic N) is 2. The first-order chi connectivity index (χ1) is 13.5. The average Bonchev–Trinajstić information content (AvgIpc) is 3.20. The minimum Gasteiger partial charge on any atom is -0.493 e. The highest BCUT2D eigenvalue weighted by atomic mass is 35.5. The maximum absolute atomic E-state index is 12.2. The Morgan fingerprint density at radius 3 is 2.57 bits per heavy atom. The number of methoxy groups -OCH3 is 2. The van der Waals surface area contributed by atoms with Gasteiger partial charge in [0.25, 0.3) is 5.91 Å². The molecule has 1 amide bonds. The van der Waals surface area contributed by atoms with Crippen LogP contribution in [0.15, 0.2) is 47.6 Å². The molecule has 0 aliphatic carbocycles. The quantitative estimate of drug-likeness (QED) is 0.464. The molecule has 144 valence electrons. The Bertz CT molecular complexity index is 1030. The van der Waals surface area contributed by atoms with E-state index >= 15 is 0 Å². The van der Waals surface area contributed by atoms with Crippen LogP contribution in [0.25, 0.3) is 11.3 Å². The number of carbonyl (C=O) groups excluding carboxylic acids is 1. The molecule has 0 aliphatic rings. The molecule has 2 aromatic carbocycles. The summed E-state index contributed by atoms with van der Waals surface area (Å²) >= 11 is 11.9. The fraction of sp³-hybridized carbons (Fsp3) is 0.105. The molecule has 0 spiro atoms. The number of H-pyrrole nitrogens is 1. The van der Waals surface area contributed by atoms with Crippen LogP contribution in [0.1, 0.15) is 16.1 Å². The molecule has 0 bridgehead atoms. The van der Waals surface area contributed by atoms with E-state index in [9.17, 15) is 4.79 Å². The van der Waals surface area contributed by atoms with Crippen LogP contribution in [0.5, 0.6) is 11.5 Å². The second-order valence-corrected chi connectivity index (χ2v) is 6.42. The summed E-state index contributed by atoms with van der Waals surface area (Å²) in [7, 11) is 3.10. The third kappa shape index (κ3) is 4.44. The molecule has 0 radical (unpaired) electrons. The van der Waals surface area contributed by atoms with E-state index < -0.39 is 5.91 Å². The lowest BCUT2D eigenvalue weighted by Gasteiger charge is -2.07. The van der Waals surface area contributed by atoms with Crippen LogP contribution in [-0.4, -0.2) is 36.5 Å². The summed E-state index contributed by atoms with van der Waals surface area (Å²) < 4.78 is 10.4. The van der Waals surface area contributed by atoms with Gasteiger partial charge in [0, 0.05) is 5.56 Å². The van der Waals surface area contributed by atoms with Gasteiger partial charge in [0.15, 0.2) is 11.5 Å². The highest BCUT2D eigenvalue weighted by molar-refractivity contribution is 6.42. The molecule has 0 saturated carbocycles. The van der Waals surface area contributed by atoms with Crippen LogP contribution in [0.3, 0.4) is 0 Å². The largest absolute Gasteiger partial charge is 0.493 e. The number of hydrogen-bond acceptors (Lipinski definition) is 5. The van der Waals surface area contributed by atoms with Gasteiger partial charge in [-0.05, 0) is 42.0 Å².